The minimum atomic E-state index is 0.0959. The van der Waals surface area contributed by atoms with Gasteiger partial charge in [0.05, 0.1) is 5.56 Å². The lowest BCUT2D eigenvalue weighted by Gasteiger charge is -2.28. The highest BCUT2D eigenvalue weighted by Crippen LogP contribution is 2.28. The van der Waals surface area contributed by atoms with E-state index < -0.39 is 0 Å². The van der Waals surface area contributed by atoms with Crippen LogP contribution in [0.3, 0.4) is 0 Å². The maximum Gasteiger partial charge on any atom is 0.257 e. The number of rotatable bonds is 5. The van der Waals surface area contributed by atoms with Crippen LogP contribution in [-0.4, -0.2) is 34.9 Å². The third-order valence-electron chi connectivity index (χ3n) is 3.96. The molecule has 1 aliphatic heterocycles. The van der Waals surface area contributed by atoms with Gasteiger partial charge < -0.3 is 10.2 Å². The molecule has 5 heteroatoms. The van der Waals surface area contributed by atoms with Crippen LogP contribution in [0.2, 0.25) is 0 Å². The van der Waals surface area contributed by atoms with Gasteiger partial charge >= 0.3 is 0 Å². The lowest BCUT2D eigenvalue weighted by Crippen LogP contribution is -2.39. The number of pyridine rings is 1. The molecule has 1 aromatic rings. The Morgan fingerprint density at radius 1 is 1.57 bits per heavy atom. The number of hydrogen-bond acceptors (Lipinski definition) is 3. The van der Waals surface area contributed by atoms with Gasteiger partial charge in [-0.1, -0.05) is 20.8 Å². The third kappa shape index (κ3) is 3.76. The van der Waals surface area contributed by atoms with Gasteiger partial charge in [0.1, 0.15) is 5.82 Å². The van der Waals surface area contributed by atoms with Crippen molar-refractivity contribution in [1.29, 1.82) is 0 Å². The first-order chi connectivity index (χ1) is 10.0. The van der Waals surface area contributed by atoms with Gasteiger partial charge in [-0.3, -0.25) is 4.79 Å². The van der Waals surface area contributed by atoms with Gasteiger partial charge in [-0.15, -0.1) is 0 Å². The molecule has 0 saturated carbocycles. The number of amides is 1. The summed E-state index contributed by atoms with van der Waals surface area (Å²) in [7, 11) is 0. The zero-order valence-electron chi connectivity index (χ0n) is 13.0. The van der Waals surface area contributed by atoms with Crippen LogP contribution < -0.4 is 5.32 Å². The first-order valence-electron chi connectivity index (χ1n) is 7.75. The van der Waals surface area contributed by atoms with E-state index in [2.05, 4.69) is 47.0 Å². The molecule has 0 aromatic carbocycles. The smallest absolute Gasteiger partial charge is 0.257 e. The van der Waals surface area contributed by atoms with Crippen LogP contribution >= 0.6 is 15.9 Å². The van der Waals surface area contributed by atoms with E-state index in [0.29, 0.717) is 23.3 Å². The molecule has 0 aliphatic carbocycles. The molecule has 2 rings (SSSR count). The summed E-state index contributed by atoms with van der Waals surface area (Å²) in [6, 6.07) is 2.22. The zero-order chi connectivity index (χ0) is 15.4. The SMILES string of the molecule is CCCNc1ncc(Br)cc1C(=O)N1CCCC1C(C)C. The van der Waals surface area contributed by atoms with Crippen molar-refractivity contribution in [1.82, 2.24) is 9.88 Å². The molecule has 4 nitrogen and oxygen atoms in total. The minimum Gasteiger partial charge on any atom is -0.369 e. The Bertz CT molecular complexity index is 504. The van der Waals surface area contributed by atoms with E-state index in [-0.39, 0.29) is 5.91 Å². The van der Waals surface area contributed by atoms with Gasteiger partial charge in [-0.2, -0.15) is 0 Å². The molecule has 1 fully saturated rings. The maximum absolute atomic E-state index is 12.9. The van der Waals surface area contributed by atoms with Crippen molar-refractivity contribution < 1.29 is 4.79 Å². The molecule has 1 N–H and O–H groups in total. The largest absolute Gasteiger partial charge is 0.369 e. The average Bonchev–Trinajstić information content (AvgIpc) is 2.94. The molecule has 1 amide bonds. The van der Waals surface area contributed by atoms with Crippen LogP contribution in [0.5, 0.6) is 0 Å². The summed E-state index contributed by atoms with van der Waals surface area (Å²) in [6.45, 7) is 8.14. The summed E-state index contributed by atoms with van der Waals surface area (Å²) in [6.07, 6.45) is 4.93. The molecule has 1 saturated heterocycles. The highest BCUT2D eigenvalue weighted by Gasteiger charge is 2.32. The molecule has 1 aromatic heterocycles. The Labute approximate surface area is 135 Å². The molecular weight excluding hydrogens is 330 g/mol. The van der Waals surface area contributed by atoms with Crippen LogP contribution in [0.4, 0.5) is 5.82 Å². The van der Waals surface area contributed by atoms with E-state index in [4.69, 9.17) is 0 Å². The van der Waals surface area contributed by atoms with Crippen molar-refractivity contribution in [3.63, 3.8) is 0 Å². The summed E-state index contributed by atoms with van der Waals surface area (Å²) < 4.78 is 0.841. The predicted octanol–water partition coefficient (Wildman–Crippen LogP) is 3.93. The highest BCUT2D eigenvalue weighted by molar-refractivity contribution is 9.10. The number of anilines is 1. The number of nitrogens with zero attached hydrogens (tertiary/aromatic N) is 2. The lowest BCUT2D eigenvalue weighted by molar-refractivity contribution is 0.0702. The summed E-state index contributed by atoms with van der Waals surface area (Å²) in [5.74, 6) is 1.28. The summed E-state index contributed by atoms with van der Waals surface area (Å²) in [5, 5.41) is 3.26. The number of halogens is 1. The van der Waals surface area contributed by atoms with Crippen molar-refractivity contribution in [3.8, 4) is 0 Å². The number of carbonyl (C=O) groups excluding carboxylic acids is 1. The van der Waals surface area contributed by atoms with Crippen molar-refractivity contribution in [2.24, 2.45) is 5.92 Å². The van der Waals surface area contributed by atoms with Gasteiger partial charge in [-0.25, -0.2) is 4.98 Å². The van der Waals surface area contributed by atoms with Crippen molar-refractivity contribution in [2.75, 3.05) is 18.4 Å². The quantitative estimate of drug-likeness (QED) is 0.872. The first-order valence-corrected chi connectivity index (χ1v) is 8.54. The van der Waals surface area contributed by atoms with Crippen LogP contribution in [0.1, 0.15) is 50.4 Å². The average molecular weight is 354 g/mol. The number of nitrogens with one attached hydrogen (secondary N) is 1. The monoisotopic (exact) mass is 353 g/mol. The topological polar surface area (TPSA) is 45.2 Å². The molecule has 0 radical (unpaired) electrons. The van der Waals surface area contributed by atoms with Crippen molar-refractivity contribution in [3.05, 3.63) is 22.3 Å². The Hall–Kier alpha value is -1.10. The Morgan fingerprint density at radius 2 is 2.33 bits per heavy atom. The Balaban J connectivity index is 2.27. The van der Waals surface area contributed by atoms with E-state index in [0.717, 1.165) is 36.8 Å². The third-order valence-corrected chi connectivity index (χ3v) is 4.39. The van der Waals surface area contributed by atoms with E-state index in [1.807, 2.05) is 11.0 Å². The second kappa shape index (κ2) is 7.25. The summed E-state index contributed by atoms with van der Waals surface area (Å²) in [4.78, 5) is 19.3. The van der Waals surface area contributed by atoms with Gasteiger partial charge in [0.25, 0.3) is 5.91 Å². The first kappa shape index (κ1) is 16.3. The van der Waals surface area contributed by atoms with Crippen LogP contribution in [0.25, 0.3) is 0 Å². The second-order valence-electron chi connectivity index (χ2n) is 5.93. The fourth-order valence-electron chi connectivity index (χ4n) is 2.88. The van der Waals surface area contributed by atoms with Gasteiger partial charge in [0.15, 0.2) is 0 Å². The van der Waals surface area contributed by atoms with Gasteiger partial charge in [0, 0.05) is 29.8 Å². The van der Waals surface area contributed by atoms with E-state index in [1.165, 1.54) is 0 Å². The molecule has 21 heavy (non-hydrogen) atoms. The van der Waals surface area contributed by atoms with Gasteiger partial charge in [0.2, 0.25) is 0 Å². The van der Waals surface area contributed by atoms with Gasteiger partial charge in [-0.05, 0) is 47.2 Å². The number of likely N-dealkylation sites (tertiary alicyclic amines) is 1. The molecule has 1 atom stereocenters. The van der Waals surface area contributed by atoms with Crippen molar-refractivity contribution >= 4 is 27.7 Å². The highest BCUT2D eigenvalue weighted by atomic mass is 79.9. The van der Waals surface area contributed by atoms with Crippen LogP contribution in [0.15, 0.2) is 16.7 Å². The molecule has 0 bridgehead atoms. The van der Waals surface area contributed by atoms with E-state index in [1.54, 1.807) is 6.20 Å². The normalized spacial score (nSPS) is 18.3. The van der Waals surface area contributed by atoms with E-state index >= 15 is 0 Å². The summed E-state index contributed by atoms with van der Waals surface area (Å²) >= 11 is 3.42. The number of aromatic nitrogens is 1. The predicted molar refractivity (Wildman–Crippen MR) is 89.6 cm³/mol. The maximum atomic E-state index is 12.9. The molecule has 2 heterocycles. The molecule has 0 spiro atoms. The molecule has 1 aliphatic rings. The molecule has 116 valence electrons. The second-order valence-corrected chi connectivity index (χ2v) is 6.84. The van der Waals surface area contributed by atoms with Crippen molar-refractivity contribution in [2.45, 2.75) is 46.1 Å². The Morgan fingerprint density at radius 3 is 3.00 bits per heavy atom. The fourth-order valence-corrected chi connectivity index (χ4v) is 3.21. The zero-order valence-corrected chi connectivity index (χ0v) is 14.6. The number of carbonyl (C=O) groups is 1. The van der Waals surface area contributed by atoms with E-state index in [9.17, 15) is 4.79 Å². The molecular formula is C16H24BrN3O. The number of hydrogen-bond donors (Lipinski definition) is 1. The fraction of sp³-hybridized carbons (Fsp3) is 0.625. The summed E-state index contributed by atoms with van der Waals surface area (Å²) in [5.41, 5.74) is 0.672. The molecule has 1 unspecified atom stereocenters. The Kier molecular flexibility index (Phi) is 5.62. The van der Waals surface area contributed by atoms with Crippen LogP contribution in [-0.2, 0) is 0 Å². The minimum absolute atomic E-state index is 0.0959. The standard InChI is InChI=1S/C16H24BrN3O/c1-4-7-18-15-13(9-12(17)10-19-15)16(21)20-8-5-6-14(20)11(2)3/h9-11,14H,4-8H2,1-3H3,(H,18,19). The van der Waals surface area contributed by atoms with Crippen LogP contribution in [0, 0.1) is 5.92 Å². The lowest BCUT2D eigenvalue weighted by atomic mass is 10.0.